The zero-order valence-corrected chi connectivity index (χ0v) is 14.7. The Labute approximate surface area is 138 Å². The molecule has 0 aliphatic carbocycles. The van der Waals surface area contributed by atoms with Gasteiger partial charge in [-0.2, -0.15) is 22.1 Å². The van der Waals surface area contributed by atoms with Crippen LogP contribution in [0.15, 0.2) is 0 Å². The monoisotopic (exact) mass is 342 g/mol. The van der Waals surface area contributed by atoms with Crippen molar-refractivity contribution < 1.29 is 13.2 Å². The molecule has 1 aromatic rings. The Balaban J connectivity index is 1.91. The molecular formula is C15H26N4O3S. The van der Waals surface area contributed by atoms with Crippen LogP contribution in [0.2, 0.25) is 0 Å². The normalized spacial score (nSPS) is 25.4. The summed E-state index contributed by atoms with van der Waals surface area (Å²) in [5, 5.41) is 7.17. The molecule has 0 aromatic carbocycles. The maximum atomic E-state index is 13.2. The van der Waals surface area contributed by atoms with Gasteiger partial charge in [0.25, 0.3) is 10.2 Å². The third kappa shape index (κ3) is 3.31. The summed E-state index contributed by atoms with van der Waals surface area (Å²) >= 11 is 0. The van der Waals surface area contributed by atoms with Gasteiger partial charge in [-0.15, -0.1) is 0 Å². The SMILES string of the molecule is Cc1n[nH]c(C)c1[C@@H]1COCCN1S(=O)(=O)N1CCCCCC1. The van der Waals surface area contributed by atoms with Gasteiger partial charge in [-0.1, -0.05) is 12.8 Å². The highest BCUT2D eigenvalue weighted by Gasteiger charge is 2.39. The zero-order valence-electron chi connectivity index (χ0n) is 13.9. The predicted octanol–water partition coefficient (Wildman–Crippen LogP) is 1.52. The number of morpholine rings is 1. The van der Waals surface area contributed by atoms with Crippen molar-refractivity contribution in [3.05, 3.63) is 17.0 Å². The Bertz CT molecular complexity index is 616. The molecule has 0 radical (unpaired) electrons. The quantitative estimate of drug-likeness (QED) is 0.903. The second-order valence-electron chi connectivity index (χ2n) is 6.37. The van der Waals surface area contributed by atoms with Gasteiger partial charge in [0.2, 0.25) is 0 Å². The number of rotatable bonds is 3. The Morgan fingerprint density at radius 3 is 2.43 bits per heavy atom. The first-order chi connectivity index (χ1) is 11.0. The lowest BCUT2D eigenvalue weighted by molar-refractivity contribution is 0.0287. The molecule has 2 saturated heterocycles. The molecule has 0 spiro atoms. The van der Waals surface area contributed by atoms with Gasteiger partial charge in [0.05, 0.1) is 24.9 Å². The molecule has 2 aliphatic rings. The minimum Gasteiger partial charge on any atom is -0.378 e. The minimum atomic E-state index is -3.47. The second-order valence-corrected chi connectivity index (χ2v) is 8.25. The van der Waals surface area contributed by atoms with Crippen molar-refractivity contribution in [1.29, 1.82) is 0 Å². The van der Waals surface area contributed by atoms with Crippen LogP contribution in [0.3, 0.4) is 0 Å². The summed E-state index contributed by atoms with van der Waals surface area (Å²) in [4.78, 5) is 0. The average molecular weight is 342 g/mol. The van der Waals surface area contributed by atoms with Crippen LogP contribution in [0.1, 0.15) is 48.7 Å². The van der Waals surface area contributed by atoms with E-state index < -0.39 is 10.2 Å². The number of hydrogen-bond donors (Lipinski definition) is 1. The molecule has 1 aromatic heterocycles. The van der Waals surface area contributed by atoms with E-state index in [1.54, 1.807) is 8.61 Å². The molecule has 3 heterocycles. The number of ether oxygens (including phenoxy) is 1. The molecule has 2 aliphatic heterocycles. The Morgan fingerprint density at radius 1 is 1.13 bits per heavy atom. The van der Waals surface area contributed by atoms with E-state index in [1.165, 1.54) is 0 Å². The van der Waals surface area contributed by atoms with Crippen molar-refractivity contribution in [3.8, 4) is 0 Å². The van der Waals surface area contributed by atoms with E-state index in [9.17, 15) is 8.42 Å². The third-order valence-corrected chi connectivity index (χ3v) is 6.83. The minimum absolute atomic E-state index is 0.296. The first kappa shape index (κ1) is 16.9. The van der Waals surface area contributed by atoms with Crippen LogP contribution in [0.5, 0.6) is 0 Å². The molecule has 0 amide bonds. The number of hydrogen-bond acceptors (Lipinski definition) is 4. The Morgan fingerprint density at radius 2 is 1.83 bits per heavy atom. The summed E-state index contributed by atoms with van der Waals surface area (Å²) in [6, 6.07) is -0.296. The van der Waals surface area contributed by atoms with Crippen LogP contribution < -0.4 is 0 Å². The lowest BCUT2D eigenvalue weighted by Gasteiger charge is -2.37. The summed E-state index contributed by atoms with van der Waals surface area (Å²) < 4.78 is 35.2. The maximum absolute atomic E-state index is 13.2. The van der Waals surface area contributed by atoms with Crippen LogP contribution in [0.4, 0.5) is 0 Å². The fourth-order valence-electron chi connectivity index (χ4n) is 3.56. The number of nitrogens with zero attached hydrogens (tertiary/aromatic N) is 3. The lowest BCUT2D eigenvalue weighted by Crippen LogP contribution is -2.50. The summed E-state index contributed by atoms with van der Waals surface area (Å²) in [6.07, 6.45) is 4.10. The molecule has 2 fully saturated rings. The molecular weight excluding hydrogens is 316 g/mol. The van der Waals surface area contributed by atoms with Crippen LogP contribution in [-0.2, 0) is 14.9 Å². The van der Waals surface area contributed by atoms with Crippen molar-refractivity contribution in [2.24, 2.45) is 0 Å². The van der Waals surface area contributed by atoms with E-state index in [4.69, 9.17) is 4.74 Å². The number of nitrogens with one attached hydrogen (secondary N) is 1. The van der Waals surface area contributed by atoms with Crippen LogP contribution in [0, 0.1) is 13.8 Å². The standard InChI is InChI=1S/C15H26N4O3S/c1-12-15(13(2)17-16-12)14-11-22-10-9-19(14)23(20,21)18-7-5-3-4-6-8-18/h14H,3-11H2,1-2H3,(H,16,17)/t14-/m0/s1. The first-order valence-corrected chi connectivity index (χ1v) is 9.77. The summed E-state index contributed by atoms with van der Waals surface area (Å²) in [6.45, 7) is 6.30. The number of aromatic nitrogens is 2. The fraction of sp³-hybridized carbons (Fsp3) is 0.800. The molecule has 130 valence electrons. The van der Waals surface area contributed by atoms with E-state index in [0.717, 1.165) is 42.6 Å². The molecule has 7 nitrogen and oxygen atoms in total. The van der Waals surface area contributed by atoms with Gasteiger partial charge < -0.3 is 4.74 Å². The van der Waals surface area contributed by atoms with E-state index >= 15 is 0 Å². The highest BCUT2D eigenvalue weighted by atomic mass is 32.2. The Kier molecular flexibility index (Phi) is 5.05. The topological polar surface area (TPSA) is 78.5 Å². The molecule has 0 bridgehead atoms. The first-order valence-electron chi connectivity index (χ1n) is 8.38. The molecule has 3 rings (SSSR count). The fourth-order valence-corrected chi connectivity index (χ4v) is 5.37. The maximum Gasteiger partial charge on any atom is 0.282 e. The Hall–Kier alpha value is -0.960. The highest BCUT2D eigenvalue weighted by molar-refractivity contribution is 7.86. The van der Waals surface area contributed by atoms with Gasteiger partial charge in [0.15, 0.2) is 0 Å². The number of H-pyrrole nitrogens is 1. The van der Waals surface area contributed by atoms with Crippen molar-refractivity contribution >= 4 is 10.2 Å². The van der Waals surface area contributed by atoms with E-state index in [0.29, 0.717) is 32.8 Å². The van der Waals surface area contributed by atoms with Crippen LogP contribution in [0.25, 0.3) is 0 Å². The summed E-state index contributed by atoms with van der Waals surface area (Å²) in [7, 11) is -3.47. The largest absolute Gasteiger partial charge is 0.378 e. The molecule has 23 heavy (non-hydrogen) atoms. The van der Waals surface area contributed by atoms with Crippen LogP contribution >= 0.6 is 0 Å². The molecule has 1 atom stereocenters. The second kappa shape index (κ2) is 6.88. The number of aryl methyl sites for hydroxylation is 2. The van der Waals surface area contributed by atoms with Gasteiger partial charge in [-0.05, 0) is 26.7 Å². The van der Waals surface area contributed by atoms with Gasteiger partial charge >= 0.3 is 0 Å². The van der Waals surface area contributed by atoms with E-state index in [2.05, 4.69) is 10.2 Å². The predicted molar refractivity (Wildman–Crippen MR) is 87.3 cm³/mol. The zero-order chi connectivity index (χ0) is 16.4. The number of aromatic amines is 1. The van der Waals surface area contributed by atoms with E-state index in [-0.39, 0.29) is 6.04 Å². The summed E-state index contributed by atoms with van der Waals surface area (Å²) in [5.41, 5.74) is 2.70. The van der Waals surface area contributed by atoms with Gasteiger partial charge in [-0.25, -0.2) is 0 Å². The molecule has 8 heteroatoms. The lowest BCUT2D eigenvalue weighted by atomic mass is 10.1. The van der Waals surface area contributed by atoms with E-state index in [1.807, 2.05) is 13.8 Å². The third-order valence-electron chi connectivity index (χ3n) is 4.79. The molecule has 0 unspecified atom stereocenters. The van der Waals surface area contributed by atoms with Gasteiger partial charge in [0.1, 0.15) is 0 Å². The smallest absolute Gasteiger partial charge is 0.282 e. The van der Waals surface area contributed by atoms with Crippen LogP contribution in [-0.4, -0.2) is 60.1 Å². The highest BCUT2D eigenvalue weighted by Crippen LogP contribution is 2.32. The molecule has 1 N–H and O–H groups in total. The van der Waals surface area contributed by atoms with Crippen molar-refractivity contribution in [2.75, 3.05) is 32.8 Å². The van der Waals surface area contributed by atoms with Gasteiger partial charge in [-0.3, -0.25) is 5.10 Å². The molecule has 0 saturated carbocycles. The summed E-state index contributed by atoms with van der Waals surface area (Å²) in [5.74, 6) is 0. The van der Waals surface area contributed by atoms with Crippen molar-refractivity contribution in [3.63, 3.8) is 0 Å². The van der Waals surface area contributed by atoms with Crippen molar-refractivity contribution in [1.82, 2.24) is 18.8 Å². The average Bonchev–Trinajstić information content (AvgIpc) is 2.75. The van der Waals surface area contributed by atoms with Crippen molar-refractivity contribution in [2.45, 2.75) is 45.6 Å². The van der Waals surface area contributed by atoms with Gasteiger partial charge in [0, 0.05) is 30.9 Å².